The molecule has 90 valence electrons. The smallest absolute Gasteiger partial charge is 0.165 e. The summed E-state index contributed by atoms with van der Waals surface area (Å²) in [4.78, 5) is 12.1. The van der Waals surface area contributed by atoms with Crippen LogP contribution < -0.4 is 0 Å². The summed E-state index contributed by atoms with van der Waals surface area (Å²) in [5.74, 6) is 6.28. The van der Waals surface area contributed by atoms with E-state index in [-0.39, 0.29) is 11.2 Å². The minimum Gasteiger partial charge on any atom is -0.337 e. The molecule has 0 spiro atoms. The zero-order valence-corrected chi connectivity index (χ0v) is 11.1. The van der Waals surface area contributed by atoms with Crippen LogP contribution in [0.4, 0.5) is 0 Å². The number of aromatic nitrogens is 1. The van der Waals surface area contributed by atoms with E-state index < -0.39 is 0 Å². The molecule has 1 heterocycles. The van der Waals surface area contributed by atoms with Crippen LogP contribution in [-0.2, 0) is 13.0 Å². The molecule has 0 saturated heterocycles. The van der Waals surface area contributed by atoms with Gasteiger partial charge < -0.3 is 4.57 Å². The first-order chi connectivity index (χ1) is 7.94. The fourth-order valence-electron chi connectivity index (χ4n) is 2.58. The van der Waals surface area contributed by atoms with Crippen molar-refractivity contribution in [2.45, 2.75) is 47.1 Å². The Balaban J connectivity index is 2.49. The lowest BCUT2D eigenvalue weighted by atomic mass is 9.76. The number of hydrogen-bond donors (Lipinski definition) is 0. The minimum absolute atomic E-state index is 0.0757. The van der Waals surface area contributed by atoms with Gasteiger partial charge in [-0.25, -0.2) is 0 Å². The molecule has 0 amide bonds. The van der Waals surface area contributed by atoms with Crippen LogP contribution in [0, 0.1) is 24.2 Å². The van der Waals surface area contributed by atoms with Crippen molar-refractivity contribution in [3.8, 4) is 11.8 Å². The lowest BCUT2D eigenvalue weighted by Gasteiger charge is -2.29. The third-order valence-corrected chi connectivity index (χ3v) is 3.42. The van der Waals surface area contributed by atoms with E-state index in [0.29, 0.717) is 13.0 Å². The zero-order valence-electron chi connectivity index (χ0n) is 11.1. The summed E-state index contributed by atoms with van der Waals surface area (Å²) < 4.78 is 2.19. The Labute approximate surface area is 103 Å². The van der Waals surface area contributed by atoms with E-state index in [1.165, 1.54) is 5.69 Å². The quantitative estimate of drug-likeness (QED) is 0.679. The fourth-order valence-corrected chi connectivity index (χ4v) is 2.58. The number of fused-ring (bicyclic) bond motifs is 1. The van der Waals surface area contributed by atoms with Gasteiger partial charge in [-0.15, -0.1) is 5.92 Å². The normalized spacial score (nSPS) is 17.3. The topological polar surface area (TPSA) is 22.0 Å². The van der Waals surface area contributed by atoms with Crippen molar-refractivity contribution in [1.29, 1.82) is 0 Å². The molecule has 1 aliphatic carbocycles. The fraction of sp³-hybridized carbons (Fsp3) is 0.533. The SMILES string of the molecule is CC#CCn1c(C)cc2c1CC(C)(C)CC2=O. The summed E-state index contributed by atoms with van der Waals surface area (Å²) in [6, 6.07) is 2.02. The molecule has 0 fully saturated rings. The third kappa shape index (κ3) is 2.15. The number of Topliss-reactive ketones (excluding diaryl/α,β-unsaturated/α-hetero) is 1. The van der Waals surface area contributed by atoms with Gasteiger partial charge in [-0.05, 0) is 31.7 Å². The molecule has 0 atom stereocenters. The number of hydrogen-bond acceptors (Lipinski definition) is 1. The Morgan fingerprint density at radius 3 is 2.76 bits per heavy atom. The highest BCUT2D eigenvalue weighted by atomic mass is 16.1. The largest absolute Gasteiger partial charge is 0.337 e. The second kappa shape index (κ2) is 4.07. The number of ketones is 1. The van der Waals surface area contributed by atoms with Gasteiger partial charge in [-0.2, -0.15) is 0 Å². The molecule has 2 nitrogen and oxygen atoms in total. The maximum atomic E-state index is 12.1. The van der Waals surface area contributed by atoms with Crippen LogP contribution in [0.25, 0.3) is 0 Å². The zero-order chi connectivity index (χ0) is 12.6. The molecule has 0 bridgehead atoms. The second-order valence-electron chi connectivity index (χ2n) is 5.60. The maximum absolute atomic E-state index is 12.1. The van der Waals surface area contributed by atoms with E-state index >= 15 is 0 Å². The van der Waals surface area contributed by atoms with Crippen LogP contribution >= 0.6 is 0 Å². The molecular weight excluding hydrogens is 210 g/mol. The Bertz CT molecular complexity index is 523. The van der Waals surface area contributed by atoms with Gasteiger partial charge in [0.2, 0.25) is 0 Å². The number of carbonyl (C=O) groups is 1. The summed E-state index contributed by atoms with van der Waals surface area (Å²) in [5, 5.41) is 0. The summed E-state index contributed by atoms with van der Waals surface area (Å²) >= 11 is 0. The molecule has 0 aliphatic heterocycles. The molecule has 0 saturated carbocycles. The lowest BCUT2D eigenvalue weighted by Crippen LogP contribution is -2.28. The molecule has 1 aromatic rings. The summed E-state index contributed by atoms with van der Waals surface area (Å²) in [6.07, 6.45) is 1.62. The van der Waals surface area contributed by atoms with Crippen molar-refractivity contribution in [3.63, 3.8) is 0 Å². The van der Waals surface area contributed by atoms with E-state index in [9.17, 15) is 4.79 Å². The Hall–Kier alpha value is -1.49. The van der Waals surface area contributed by atoms with Crippen molar-refractivity contribution < 1.29 is 4.79 Å². The van der Waals surface area contributed by atoms with Crippen molar-refractivity contribution in [3.05, 3.63) is 23.0 Å². The first-order valence-corrected chi connectivity index (χ1v) is 6.06. The Morgan fingerprint density at radius 1 is 1.41 bits per heavy atom. The minimum atomic E-state index is 0.0757. The molecular formula is C15H19NO. The van der Waals surface area contributed by atoms with E-state index in [1.54, 1.807) is 0 Å². The first-order valence-electron chi connectivity index (χ1n) is 6.06. The van der Waals surface area contributed by atoms with Crippen LogP contribution in [-0.4, -0.2) is 10.4 Å². The highest BCUT2D eigenvalue weighted by Crippen LogP contribution is 2.36. The summed E-state index contributed by atoms with van der Waals surface area (Å²) in [7, 11) is 0. The molecule has 2 rings (SSSR count). The van der Waals surface area contributed by atoms with Gasteiger partial charge in [-0.1, -0.05) is 19.8 Å². The number of nitrogens with zero attached hydrogens (tertiary/aromatic N) is 1. The van der Waals surface area contributed by atoms with Crippen molar-refractivity contribution in [2.75, 3.05) is 0 Å². The van der Waals surface area contributed by atoms with Gasteiger partial charge in [0.25, 0.3) is 0 Å². The van der Waals surface area contributed by atoms with Crippen molar-refractivity contribution in [2.24, 2.45) is 5.41 Å². The standard InChI is InChI=1S/C15H19NO/c1-5-6-7-16-11(2)8-12-13(16)9-15(3,4)10-14(12)17/h8H,7,9-10H2,1-4H3. The van der Waals surface area contributed by atoms with Crippen LogP contribution in [0.5, 0.6) is 0 Å². The van der Waals surface area contributed by atoms with Gasteiger partial charge >= 0.3 is 0 Å². The Kier molecular flexibility index (Phi) is 2.87. The monoisotopic (exact) mass is 229 g/mol. The number of rotatable bonds is 1. The molecule has 0 aromatic carbocycles. The van der Waals surface area contributed by atoms with Gasteiger partial charge in [0.15, 0.2) is 5.78 Å². The van der Waals surface area contributed by atoms with E-state index in [4.69, 9.17) is 0 Å². The van der Waals surface area contributed by atoms with Gasteiger partial charge in [0.1, 0.15) is 0 Å². The predicted molar refractivity (Wildman–Crippen MR) is 69.1 cm³/mol. The van der Waals surface area contributed by atoms with Gasteiger partial charge in [-0.3, -0.25) is 4.79 Å². The van der Waals surface area contributed by atoms with E-state index in [1.807, 2.05) is 13.0 Å². The third-order valence-electron chi connectivity index (χ3n) is 3.42. The lowest BCUT2D eigenvalue weighted by molar-refractivity contribution is 0.0910. The molecule has 1 aromatic heterocycles. The van der Waals surface area contributed by atoms with E-state index in [0.717, 1.165) is 17.7 Å². The highest BCUT2D eigenvalue weighted by molar-refractivity contribution is 5.99. The van der Waals surface area contributed by atoms with E-state index in [2.05, 4.69) is 37.2 Å². The average molecular weight is 229 g/mol. The van der Waals surface area contributed by atoms with Crippen LogP contribution in [0.15, 0.2) is 6.07 Å². The Morgan fingerprint density at radius 2 is 2.12 bits per heavy atom. The predicted octanol–water partition coefficient (Wildman–Crippen LogP) is 2.97. The molecule has 0 N–H and O–H groups in total. The number of carbonyl (C=O) groups excluding carboxylic acids is 1. The molecule has 17 heavy (non-hydrogen) atoms. The molecule has 0 unspecified atom stereocenters. The number of aryl methyl sites for hydroxylation is 1. The van der Waals surface area contributed by atoms with Gasteiger partial charge in [0, 0.05) is 23.4 Å². The van der Waals surface area contributed by atoms with Crippen LogP contribution in [0.1, 0.15) is 48.9 Å². The second-order valence-corrected chi connectivity index (χ2v) is 5.60. The van der Waals surface area contributed by atoms with Crippen molar-refractivity contribution in [1.82, 2.24) is 4.57 Å². The summed E-state index contributed by atoms with van der Waals surface area (Å²) in [5.41, 5.74) is 3.31. The van der Waals surface area contributed by atoms with Crippen molar-refractivity contribution >= 4 is 5.78 Å². The average Bonchev–Trinajstić information content (AvgIpc) is 2.51. The molecule has 1 aliphatic rings. The highest BCUT2D eigenvalue weighted by Gasteiger charge is 2.33. The summed E-state index contributed by atoms with van der Waals surface area (Å²) in [6.45, 7) is 8.91. The van der Waals surface area contributed by atoms with Gasteiger partial charge in [0.05, 0.1) is 6.54 Å². The van der Waals surface area contributed by atoms with Crippen LogP contribution in [0.2, 0.25) is 0 Å². The first kappa shape index (κ1) is 12.0. The maximum Gasteiger partial charge on any atom is 0.165 e. The molecule has 0 radical (unpaired) electrons. The van der Waals surface area contributed by atoms with Crippen LogP contribution in [0.3, 0.4) is 0 Å². The molecule has 2 heteroatoms.